The van der Waals surface area contributed by atoms with E-state index in [-0.39, 0.29) is 12.5 Å². The van der Waals surface area contributed by atoms with E-state index in [4.69, 9.17) is 16.3 Å². The van der Waals surface area contributed by atoms with Crippen molar-refractivity contribution in [2.24, 2.45) is 0 Å². The first-order valence-electron chi connectivity index (χ1n) is 12.2. The van der Waals surface area contributed by atoms with Crippen molar-refractivity contribution in [3.05, 3.63) is 89.4 Å². The smallest absolute Gasteiger partial charge is 0.244 e. The van der Waals surface area contributed by atoms with Crippen molar-refractivity contribution in [3.8, 4) is 11.5 Å². The molecule has 0 unspecified atom stereocenters. The van der Waals surface area contributed by atoms with Crippen molar-refractivity contribution in [3.63, 3.8) is 0 Å². The molecule has 0 radical (unpaired) electrons. The molecule has 1 N–H and O–H groups in total. The highest BCUT2D eigenvalue weighted by atomic mass is 35.5. The number of ether oxygens (including phenoxy) is 1. The minimum Gasteiger partial charge on any atom is -0.457 e. The number of hydrogen-bond donors (Lipinski definition) is 1. The summed E-state index contributed by atoms with van der Waals surface area (Å²) < 4.78 is 32.4. The van der Waals surface area contributed by atoms with E-state index >= 15 is 0 Å². The van der Waals surface area contributed by atoms with Crippen LogP contribution in [0, 0.1) is 0 Å². The number of nitrogens with one attached hydrogen (secondary N) is 1. The average molecular weight is 558 g/mol. The molecule has 0 aliphatic rings. The van der Waals surface area contributed by atoms with Gasteiger partial charge in [0.1, 0.15) is 24.1 Å². The quantitative estimate of drug-likeness (QED) is 0.344. The molecule has 38 heavy (non-hydrogen) atoms. The summed E-state index contributed by atoms with van der Waals surface area (Å²) in [6.07, 6.45) is 1.38. The molecular weight excluding hydrogens is 526 g/mol. The number of amides is 2. The Morgan fingerprint density at radius 3 is 2.11 bits per heavy atom. The number of hydrogen-bond acceptors (Lipinski definition) is 5. The molecule has 202 valence electrons. The Bertz CT molecular complexity index is 1330. The Morgan fingerprint density at radius 1 is 0.921 bits per heavy atom. The summed E-state index contributed by atoms with van der Waals surface area (Å²) in [5.41, 5.74) is 0.948. The standard InChI is InChI=1S/C28H32ClN3O5S/c1-4-26(28(34)30-5-2)31(19-21-11-9-10-14-25(21)29)27(33)20-32(38(3,35)36)22-15-17-24(18-16-22)37-23-12-7-6-8-13-23/h6-18,26H,4-5,19-20H2,1-3H3,(H,30,34)/t26-/m0/s1. The fraction of sp³-hybridized carbons (Fsp3) is 0.286. The molecule has 0 bridgehead atoms. The lowest BCUT2D eigenvalue weighted by Gasteiger charge is -2.33. The zero-order valence-electron chi connectivity index (χ0n) is 21.6. The van der Waals surface area contributed by atoms with E-state index in [1.165, 1.54) is 4.90 Å². The topological polar surface area (TPSA) is 96.0 Å². The summed E-state index contributed by atoms with van der Waals surface area (Å²) >= 11 is 6.35. The highest BCUT2D eigenvalue weighted by molar-refractivity contribution is 7.92. The molecule has 0 fully saturated rings. The van der Waals surface area contributed by atoms with Crippen molar-refractivity contribution in [1.82, 2.24) is 10.2 Å². The molecule has 0 aromatic heterocycles. The van der Waals surface area contributed by atoms with Gasteiger partial charge in [-0.15, -0.1) is 0 Å². The van der Waals surface area contributed by atoms with Gasteiger partial charge in [0, 0.05) is 18.1 Å². The van der Waals surface area contributed by atoms with Crippen LogP contribution in [0.4, 0.5) is 5.69 Å². The number of nitrogens with zero attached hydrogens (tertiary/aromatic N) is 2. The summed E-state index contributed by atoms with van der Waals surface area (Å²) in [4.78, 5) is 27.9. The highest BCUT2D eigenvalue weighted by Gasteiger charge is 2.31. The molecule has 1 atom stereocenters. The number of likely N-dealkylation sites (N-methyl/N-ethyl adjacent to an activating group) is 1. The van der Waals surface area contributed by atoms with Crippen LogP contribution in [0.3, 0.4) is 0 Å². The second-order valence-corrected chi connectivity index (χ2v) is 10.9. The van der Waals surface area contributed by atoms with Gasteiger partial charge in [0.25, 0.3) is 0 Å². The second-order valence-electron chi connectivity index (χ2n) is 8.61. The van der Waals surface area contributed by atoms with Crippen molar-refractivity contribution < 1.29 is 22.7 Å². The molecule has 0 aliphatic heterocycles. The van der Waals surface area contributed by atoms with Crippen molar-refractivity contribution in [2.75, 3.05) is 23.7 Å². The number of anilines is 1. The lowest BCUT2D eigenvalue weighted by molar-refractivity contribution is -0.140. The first-order valence-corrected chi connectivity index (χ1v) is 14.5. The predicted molar refractivity (Wildman–Crippen MR) is 150 cm³/mol. The summed E-state index contributed by atoms with van der Waals surface area (Å²) in [7, 11) is -3.84. The van der Waals surface area contributed by atoms with E-state index in [0.29, 0.717) is 40.7 Å². The molecule has 2 amide bonds. The van der Waals surface area contributed by atoms with Crippen LogP contribution in [0.1, 0.15) is 25.8 Å². The number of carbonyl (C=O) groups excluding carboxylic acids is 2. The van der Waals surface area contributed by atoms with Crippen LogP contribution >= 0.6 is 11.6 Å². The third kappa shape index (κ3) is 7.72. The highest BCUT2D eigenvalue weighted by Crippen LogP contribution is 2.26. The third-order valence-corrected chi connectivity index (χ3v) is 7.33. The molecule has 8 nitrogen and oxygen atoms in total. The van der Waals surface area contributed by atoms with Gasteiger partial charge < -0.3 is 15.0 Å². The first kappa shape index (κ1) is 29.0. The van der Waals surface area contributed by atoms with Crippen molar-refractivity contribution in [1.29, 1.82) is 0 Å². The Labute approximate surface area is 229 Å². The Kier molecular flexibility index (Phi) is 10.2. The summed E-state index contributed by atoms with van der Waals surface area (Å²) in [5.74, 6) is 0.311. The van der Waals surface area contributed by atoms with Gasteiger partial charge >= 0.3 is 0 Å². The average Bonchev–Trinajstić information content (AvgIpc) is 2.89. The van der Waals surface area contributed by atoms with Gasteiger partial charge in [0.05, 0.1) is 11.9 Å². The maximum atomic E-state index is 13.7. The van der Waals surface area contributed by atoms with Gasteiger partial charge in [-0.05, 0) is 61.4 Å². The summed E-state index contributed by atoms with van der Waals surface area (Å²) in [5, 5.41) is 3.21. The zero-order chi connectivity index (χ0) is 27.7. The van der Waals surface area contributed by atoms with Crippen molar-refractivity contribution in [2.45, 2.75) is 32.9 Å². The Balaban J connectivity index is 1.89. The lowest BCUT2D eigenvalue weighted by atomic mass is 10.1. The van der Waals surface area contributed by atoms with E-state index in [9.17, 15) is 18.0 Å². The molecule has 0 saturated heterocycles. The molecule has 3 aromatic carbocycles. The summed E-state index contributed by atoms with van der Waals surface area (Å²) in [6, 6.07) is 21.8. The van der Waals surface area contributed by atoms with Gasteiger partial charge in [-0.25, -0.2) is 8.42 Å². The monoisotopic (exact) mass is 557 g/mol. The SMILES string of the molecule is CCNC(=O)[C@H](CC)N(Cc1ccccc1Cl)C(=O)CN(c1ccc(Oc2ccccc2)cc1)S(C)(=O)=O. The van der Waals surface area contributed by atoms with Crippen LogP contribution in [-0.2, 0) is 26.2 Å². The molecule has 0 spiro atoms. The fourth-order valence-electron chi connectivity index (χ4n) is 3.94. The van der Waals surface area contributed by atoms with E-state index in [2.05, 4.69) is 5.32 Å². The molecule has 0 heterocycles. The number of rotatable bonds is 12. The van der Waals surface area contributed by atoms with Crippen LogP contribution in [-0.4, -0.2) is 50.5 Å². The van der Waals surface area contributed by atoms with Gasteiger partial charge in [-0.2, -0.15) is 0 Å². The van der Waals surface area contributed by atoms with Crippen LogP contribution in [0.25, 0.3) is 0 Å². The van der Waals surface area contributed by atoms with Crippen LogP contribution < -0.4 is 14.4 Å². The van der Waals surface area contributed by atoms with E-state index in [1.54, 1.807) is 62.4 Å². The van der Waals surface area contributed by atoms with E-state index < -0.39 is 28.5 Å². The molecule has 10 heteroatoms. The number of carbonyl (C=O) groups is 2. The number of halogens is 1. The predicted octanol–water partition coefficient (Wildman–Crippen LogP) is 4.84. The van der Waals surface area contributed by atoms with Gasteiger partial charge in [-0.3, -0.25) is 13.9 Å². The Hall–Kier alpha value is -3.56. The molecule has 0 aliphatic carbocycles. The number of para-hydroxylation sites is 1. The van der Waals surface area contributed by atoms with Gasteiger partial charge in [-0.1, -0.05) is 54.9 Å². The van der Waals surface area contributed by atoms with E-state index in [1.807, 2.05) is 30.3 Å². The Morgan fingerprint density at radius 2 is 1.53 bits per heavy atom. The van der Waals surface area contributed by atoms with Crippen LogP contribution in [0.5, 0.6) is 11.5 Å². The minimum atomic E-state index is -3.84. The largest absolute Gasteiger partial charge is 0.457 e. The summed E-state index contributed by atoms with van der Waals surface area (Å²) in [6.45, 7) is 3.55. The normalized spacial score (nSPS) is 11.9. The van der Waals surface area contributed by atoms with Crippen LogP contribution in [0.15, 0.2) is 78.9 Å². The van der Waals surface area contributed by atoms with Gasteiger partial charge in [0.15, 0.2) is 0 Å². The van der Waals surface area contributed by atoms with E-state index in [0.717, 1.165) is 10.6 Å². The van der Waals surface area contributed by atoms with Gasteiger partial charge in [0.2, 0.25) is 21.8 Å². The molecule has 3 rings (SSSR count). The number of benzene rings is 3. The maximum absolute atomic E-state index is 13.7. The molecular formula is C28H32ClN3O5S. The molecule has 0 saturated carbocycles. The second kappa shape index (κ2) is 13.3. The number of sulfonamides is 1. The zero-order valence-corrected chi connectivity index (χ0v) is 23.2. The minimum absolute atomic E-state index is 0.0512. The fourth-order valence-corrected chi connectivity index (χ4v) is 4.99. The molecule has 3 aromatic rings. The first-order chi connectivity index (χ1) is 18.1. The lowest BCUT2D eigenvalue weighted by Crippen LogP contribution is -2.52. The third-order valence-electron chi connectivity index (χ3n) is 5.82. The van der Waals surface area contributed by atoms with Crippen LogP contribution in [0.2, 0.25) is 5.02 Å². The maximum Gasteiger partial charge on any atom is 0.244 e. The van der Waals surface area contributed by atoms with Crippen molar-refractivity contribution >= 4 is 39.1 Å².